The zero-order valence-corrected chi connectivity index (χ0v) is 24.5. The number of ether oxygens (including phenoxy) is 3. The number of hydrogen-bond donors (Lipinski definition) is 0. The van der Waals surface area contributed by atoms with E-state index in [0.717, 1.165) is 52.5 Å². The Hall–Kier alpha value is -4.91. The van der Waals surface area contributed by atoms with Gasteiger partial charge < -0.3 is 14.2 Å². The molecule has 0 aliphatic heterocycles. The summed E-state index contributed by atoms with van der Waals surface area (Å²) in [4.78, 5) is 16.5. The molecule has 3 aromatic carbocycles. The van der Waals surface area contributed by atoms with E-state index in [2.05, 4.69) is 24.3 Å². The second kappa shape index (κ2) is 12.9. The van der Waals surface area contributed by atoms with Gasteiger partial charge in [-0.3, -0.25) is 9.48 Å². The Morgan fingerprint density at radius 2 is 1.63 bits per heavy atom. The van der Waals surface area contributed by atoms with Crippen molar-refractivity contribution in [1.82, 2.24) is 14.8 Å². The summed E-state index contributed by atoms with van der Waals surface area (Å²) >= 11 is 0. The fraction of sp³-hybridized carbons (Fsp3) is 0.250. The van der Waals surface area contributed by atoms with E-state index in [1.165, 1.54) is 18.2 Å². The summed E-state index contributed by atoms with van der Waals surface area (Å²) in [6, 6.07) is 30.4. The molecule has 0 fully saturated rings. The summed E-state index contributed by atoms with van der Waals surface area (Å²) in [6.07, 6.45) is 5.53. The monoisotopic (exact) mass is 573 g/mol. The summed E-state index contributed by atoms with van der Waals surface area (Å²) < 4.78 is 19.1. The Morgan fingerprint density at radius 1 is 0.907 bits per heavy atom. The average Bonchev–Trinajstić information content (AvgIpc) is 3.39. The largest absolute Gasteiger partial charge is 0.473 e. The number of fused-ring (bicyclic) bond motifs is 1. The maximum absolute atomic E-state index is 11.7. The Balaban J connectivity index is 1.29. The second-order valence-electron chi connectivity index (χ2n) is 10.9. The summed E-state index contributed by atoms with van der Waals surface area (Å²) in [5.74, 6) is 1.17. The molecule has 43 heavy (non-hydrogen) atoms. The lowest BCUT2D eigenvalue weighted by Gasteiger charge is -2.21. The van der Waals surface area contributed by atoms with Crippen LogP contribution in [0.2, 0.25) is 0 Å². The minimum Gasteiger partial charge on any atom is -0.473 e. The summed E-state index contributed by atoms with van der Waals surface area (Å²) in [7, 11) is 3.42. The van der Waals surface area contributed by atoms with E-state index in [1.54, 1.807) is 0 Å². The van der Waals surface area contributed by atoms with Crippen molar-refractivity contribution >= 4 is 22.4 Å². The highest BCUT2D eigenvalue weighted by Gasteiger charge is 2.21. The minimum absolute atomic E-state index is 0.136. The summed E-state index contributed by atoms with van der Waals surface area (Å²) in [5.41, 5.74) is 7.26. The van der Waals surface area contributed by atoms with Crippen molar-refractivity contribution in [2.75, 3.05) is 7.11 Å². The van der Waals surface area contributed by atoms with Gasteiger partial charge in [0.2, 0.25) is 11.8 Å². The molecule has 1 atom stereocenters. The molecule has 5 aromatic rings. The van der Waals surface area contributed by atoms with E-state index in [9.17, 15) is 4.79 Å². The summed E-state index contributed by atoms with van der Waals surface area (Å²) in [5, 5.41) is 5.95. The van der Waals surface area contributed by atoms with Gasteiger partial charge >= 0.3 is 5.97 Å². The Kier molecular flexibility index (Phi) is 8.50. The van der Waals surface area contributed by atoms with Gasteiger partial charge in [0, 0.05) is 24.9 Å². The van der Waals surface area contributed by atoms with Gasteiger partial charge in [0.1, 0.15) is 18.9 Å². The molecule has 0 radical (unpaired) electrons. The fourth-order valence-electron chi connectivity index (χ4n) is 5.56. The first-order valence-corrected chi connectivity index (χ1v) is 14.6. The Morgan fingerprint density at radius 3 is 2.30 bits per heavy atom. The molecule has 7 nitrogen and oxygen atoms in total. The smallest absolute Gasteiger partial charge is 0.305 e. The van der Waals surface area contributed by atoms with Crippen LogP contribution in [0.25, 0.3) is 27.7 Å². The Labute approximate surface area is 251 Å². The van der Waals surface area contributed by atoms with Crippen molar-refractivity contribution in [3.8, 4) is 23.0 Å². The summed E-state index contributed by atoms with van der Waals surface area (Å²) in [6.45, 7) is 0.795. The van der Waals surface area contributed by atoms with E-state index < -0.39 is 0 Å². The molecule has 0 saturated carbocycles. The third-order valence-electron chi connectivity index (χ3n) is 7.96. The minimum atomic E-state index is -0.136. The van der Waals surface area contributed by atoms with Crippen LogP contribution < -0.4 is 9.47 Å². The van der Waals surface area contributed by atoms with Gasteiger partial charge in [-0.15, -0.1) is 0 Å². The van der Waals surface area contributed by atoms with Crippen LogP contribution in [0, 0.1) is 5.92 Å². The number of carbonyl (C=O) groups is 1. The molecule has 2 aromatic heterocycles. The molecule has 6 rings (SSSR count). The standard InChI is InChI=1S/C36H35N3O4/c1-39-32-22-29(28-15-13-25(14-16-28)21-34(40)41-2)17-18-30(32)35(38-39)31-19-20-33(42-23-26-9-5-3-6-10-26)37-36(31)43-24-27-11-7-4-8-12-27/h3-12,15,17-20,22,25H,13-14,16,21,23-24H2,1-2H3. The lowest BCUT2D eigenvalue weighted by atomic mass is 9.85. The van der Waals surface area contributed by atoms with Gasteiger partial charge in [-0.2, -0.15) is 10.1 Å². The molecule has 2 heterocycles. The number of methoxy groups -OCH3 is 1. The maximum Gasteiger partial charge on any atom is 0.305 e. The number of rotatable bonds is 10. The van der Waals surface area contributed by atoms with Gasteiger partial charge in [0.25, 0.3) is 0 Å². The van der Waals surface area contributed by atoms with Gasteiger partial charge in [-0.05, 0) is 65.6 Å². The van der Waals surface area contributed by atoms with Crippen molar-refractivity contribution in [3.63, 3.8) is 0 Å². The van der Waals surface area contributed by atoms with Crippen molar-refractivity contribution in [1.29, 1.82) is 0 Å². The van der Waals surface area contributed by atoms with Crippen LogP contribution in [-0.4, -0.2) is 27.8 Å². The number of esters is 1. The molecule has 218 valence electrons. The van der Waals surface area contributed by atoms with Gasteiger partial charge in [0.15, 0.2) is 0 Å². The highest BCUT2D eigenvalue weighted by molar-refractivity contribution is 5.96. The maximum atomic E-state index is 11.7. The number of aryl methyl sites for hydroxylation is 1. The molecule has 0 saturated heterocycles. The molecule has 1 aliphatic rings. The molecule has 1 aliphatic carbocycles. The highest BCUT2D eigenvalue weighted by Crippen LogP contribution is 2.38. The van der Waals surface area contributed by atoms with Crippen LogP contribution in [0.3, 0.4) is 0 Å². The van der Waals surface area contributed by atoms with Gasteiger partial charge in [-0.25, -0.2) is 0 Å². The lowest BCUT2D eigenvalue weighted by Crippen LogP contribution is -2.12. The molecule has 0 bridgehead atoms. The van der Waals surface area contributed by atoms with Crippen molar-refractivity contribution in [3.05, 3.63) is 114 Å². The number of benzene rings is 3. The SMILES string of the molecule is COC(=O)CC1CC=C(c2ccc3c(-c4ccc(OCc5ccccc5)nc4OCc4ccccc4)nn(C)c3c2)CC1. The number of carbonyl (C=O) groups excluding carboxylic acids is 1. The zero-order valence-electron chi connectivity index (χ0n) is 24.5. The normalized spacial score (nSPS) is 14.7. The molecular formula is C36H35N3O4. The quantitative estimate of drug-likeness (QED) is 0.161. The molecule has 1 unspecified atom stereocenters. The van der Waals surface area contributed by atoms with Crippen LogP contribution in [0.15, 0.2) is 97.1 Å². The molecule has 0 N–H and O–H groups in total. The zero-order chi connectivity index (χ0) is 29.6. The van der Waals surface area contributed by atoms with Gasteiger partial charge in [-0.1, -0.05) is 72.8 Å². The first-order valence-electron chi connectivity index (χ1n) is 14.6. The van der Waals surface area contributed by atoms with Crippen molar-refractivity contribution < 1.29 is 19.0 Å². The predicted octanol–water partition coefficient (Wildman–Crippen LogP) is 7.54. The lowest BCUT2D eigenvalue weighted by molar-refractivity contribution is -0.141. The highest BCUT2D eigenvalue weighted by atomic mass is 16.5. The van der Waals surface area contributed by atoms with Crippen LogP contribution in [0.1, 0.15) is 42.4 Å². The number of pyridine rings is 1. The fourth-order valence-corrected chi connectivity index (χ4v) is 5.56. The van der Waals surface area contributed by atoms with Crippen LogP contribution in [0.4, 0.5) is 0 Å². The second-order valence-corrected chi connectivity index (χ2v) is 10.9. The van der Waals surface area contributed by atoms with E-state index in [0.29, 0.717) is 37.3 Å². The van der Waals surface area contributed by atoms with Gasteiger partial charge in [0.05, 0.1) is 18.2 Å². The average molecular weight is 574 g/mol. The first-order chi connectivity index (χ1) is 21.1. The molecule has 0 amide bonds. The molecule has 7 heteroatoms. The van der Waals surface area contributed by atoms with Crippen LogP contribution >= 0.6 is 0 Å². The first kappa shape index (κ1) is 28.2. The molecular weight excluding hydrogens is 538 g/mol. The van der Waals surface area contributed by atoms with Crippen molar-refractivity contribution in [2.24, 2.45) is 13.0 Å². The van der Waals surface area contributed by atoms with E-state index in [-0.39, 0.29) is 5.97 Å². The topological polar surface area (TPSA) is 75.5 Å². The van der Waals surface area contributed by atoms with E-state index in [1.807, 2.05) is 84.5 Å². The predicted molar refractivity (Wildman–Crippen MR) is 167 cm³/mol. The number of allylic oxidation sites excluding steroid dienone is 2. The van der Waals surface area contributed by atoms with Crippen LogP contribution in [-0.2, 0) is 29.8 Å². The number of nitrogens with zero attached hydrogens (tertiary/aromatic N) is 3. The molecule has 0 spiro atoms. The Bertz CT molecular complexity index is 1750. The number of aromatic nitrogens is 3. The van der Waals surface area contributed by atoms with E-state index in [4.69, 9.17) is 24.3 Å². The number of hydrogen-bond acceptors (Lipinski definition) is 6. The van der Waals surface area contributed by atoms with Crippen molar-refractivity contribution in [2.45, 2.75) is 38.9 Å². The third kappa shape index (κ3) is 6.61. The third-order valence-corrected chi connectivity index (χ3v) is 7.96. The van der Waals surface area contributed by atoms with Crippen LogP contribution in [0.5, 0.6) is 11.8 Å². The van der Waals surface area contributed by atoms with E-state index >= 15 is 0 Å².